The van der Waals surface area contributed by atoms with Crippen LogP contribution in [-0.4, -0.2) is 51.3 Å². The smallest absolute Gasteiger partial charge is 0.257 e. The molecule has 0 radical (unpaired) electrons. The van der Waals surface area contributed by atoms with Crippen LogP contribution >= 0.6 is 0 Å². The number of amides is 1. The van der Waals surface area contributed by atoms with Gasteiger partial charge in [0.2, 0.25) is 0 Å². The lowest BCUT2D eigenvalue weighted by Crippen LogP contribution is -2.43. The van der Waals surface area contributed by atoms with Crippen LogP contribution in [0.15, 0.2) is 36.8 Å². The van der Waals surface area contributed by atoms with E-state index in [0.717, 1.165) is 50.1 Å². The van der Waals surface area contributed by atoms with Gasteiger partial charge in [0.15, 0.2) is 11.5 Å². The highest BCUT2D eigenvalue weighted by Gasteiger charge is 2.27. The zero-order chi connectivity index (χ0) is 21.8. The Hall–Kier alpha value is -3.46. The zero-order valence-corrected chi connectivity index (χ0v) is 17.8. The molecule has 4 aromatic rings. The van der Waals surface area contributed by atoms with Gasteiger partial charge >= 0.3 is 0 Å². The topological polar surface area (TPSA) is 79.5 Å². The Kier molecular flexibility index (Phi) is 4.39. The van der Waals surface area contributed by atoms with Crippen LogP contribution in [0.25, 0.3) is 16.6 Å². The maximum absolute atomic E-state index is 14.5. The summed E-state index contributed by atoms with van der Waals surface area (Å²) in [6.07, 6.45) is 7.70. The first kappa shape index (κ1) is 19.2. The van der Waals surface area contributed by atoms with E-state index in [1.807, 2.05) is 16.8 Å². The van der Waals surface area contributed by atoms with Crippen molar-refractivity contribution in [1.82, 2.24) is 24.5 Å². The molecule has 164 valence electrons. The van der Waals surface area contributed by atoms with E-state index in [2.05, 4.69) is 26.7 Å². The van der Waals surface area contributed by atoms with Crippen molar-refractivity contribution < 1.29 is 9.18 Å². The second-order valence-corrected chi connectivity index (χ2v) is 8.62. The summed E-state index contributed by atoms with van der Waals surface area (Å²) < 4.78 is 18.0. The summed E-state index contributed by atoms with van der Waals surface area (Å²) in [5.41, 5.74) is 3.60. The summed E-state index contributed by atoms with van der Waals surface area (Å²) in [6.45, 7) is 5.50. The third kappa shape index (κ3) is 3.29. The number of carbonyl (C=O) groups is 1. The predicted octanol–water partition coefficient (Wildman–Crippen LogP) is 3.13. The van der Waals surface area contributed by atoms with Crippen molar-refractivity contribution in [3.63, 3.8) is 0 Å². The van der Waals surface area contributed by atoms with Gasteiger partial charge in [-0.15, -0.1) is 0 Å². The van der Waals surface area contributed by atoms with E-state index in [4.69, 9.17) is 5.10 Å². The Morgan fingerprint density at radius 1 is 1.19 bits per heavy atom. The number of hydrogen-bond acceptors (Lipinski definition) is 5. The van der Waals surface area contributed by atoms with E-state index in [0.29, 0.717) is 28.5 Å². The number of nitrogens with one attached hydrogen (secondary N) is 2. The number of piperazine rings is 1. The number of benzene rings is 1. The van der Waals surface area contributed by atoms with Gasteiger partial charge in [-0.1, -0.05) is 0 Å². The molecular weight excluding hydrogens is 409 g/mol. The highest BCUT2D eigenvalue weighted by molar-refractivity contribution is 6.13. The number of fused-ring (bicyclic) bond motifs is 2. The van der Waals surface area contributed by atoms with Gasteiger partial charge in [0.05, 0.1) is 23.0 Å². The van der Waals surface area contributed by atoms with Crippen molar-refractivity contribution >= 4 is 33.8 Å². The first-order valence-corrected chi connectivity index (χ1v) is 11.0. The summed E-state index contributed by atoms with van der Waals surface area (Å²) in [5.74, 6) is -0.786. The van der Waals surface area contributed by atoms with Crippen LogP contribution in [0.4, 0.5) is 15.8 Å². The molecule has 1 saturated carbocycles. The van der Waals surface area contributed by atoms with Crippen molar-refractivity contribution in [1.29, 1.82) is 0 Å². The molecule has 4 heterocycles. The molecule has 2 N–H and O–H groups in total. The summed E-state index contributed by atoms with van der Waals surface area (Å²) >= 11 is 0. The summed E-state index contributed by atoms with van der Waals surface area (Å²) in [6, 6.07) is 5.55. The lowest BCUT2D eigenvalue weighted by Gasteiger charge is -2.30. The van der Waals surface area contributed by atoms with Crippen molar-refractivity contribution in [3.8, 4) is 0 Å². The minimum atomic E-state index is -0.479. The second kappa shape index (κ2) is 7.30. The normalized spacial score (nSPS) is 16.8. The fourth-order valence-corrected chi connectivity index (χ4v) is 4.45. The lowest BCUT2D eigenvalue weighted by molar-refractivity contribution is 0.102. The van der Waals surface area contributed by atoms with Gasteiger partial charge in [-0.05, 0) is 31.9 Å². The average Bonchev–Trinajstić information content (AvgIpc) is 3.42. The molecule has 1 aliphatic heterocycles. The van der Waals surface area contributed by atoms with Crippen LogP contribution in [0.2, 0.25) is 0 Å². The molecule has 8 nitrogen and oxygen atoms in total. The van der Waals surface area contributed by atoms with E-state index in [-0.39, 0.29) is 11.6 Å². The third-order valence-corrected chi connectivity index (χ3v) is 6.18. The quantitative estimate of drug-likeness (QED) is 0.517. The first-order valence-electron chi connectivity index (χ1n) is 11.0. The van der Waals surface area contributed by atoms with Crippen LogP contribution in [0, 0.1) is 12.7 Å². The van der Waals surface area contributed by atoms with Crippen LogP contribution in [0.1, 0.15) is 34.9 Å². The number of anilines is 2. The van der Waals surface area contributed by atoms with E-state index in [1.165, 1.54) is 6.07 Å². The number of aromatic nitrogens is 4. The number of aryl methyl sites for hydroxylation is 1. The molecule has 0 unspecified atom stereocenters. The number of hydrogen-bond donors (Lipinski definition) is 2. The van der Waals surface area contributed by atoms with Gasteiger partial charge in [-0.2, -0.15) is 5.10 Å². The van der Waals surface area contributed by atoms with Crippen molar-refractivity contribution in [2.24, 2.45) is 0 Å². The minimum Gasteiger partial charge on any atom is -0.368 e. The Morgan fingerprint density at radius 3 is 2.78 bits per heavy atom. The van der Waals surface area contributed by atoms with Gasteiger partial charge in [0, 0.05) is 61.9 Å². The third-order valence-electron chi connectivity index (χ3n) is 6.18. The average molecular weight is 433 g/mol. The SMILES string of the molecule is Cc1cn2cc(NC(=O)c3ccc(N4CCNCC4)c4cn(C5CC5)nc34)cc(F)c2n1. The Balaban J connectivity index is 1.38. The summed E-state index contributed by atoms with van der Waals surface area (Å²) in [7, 11) is 0. The Labute approximate surface area is 184 Å². The zero-order valence-electron chi connectivity index (χ0n) is 17.8. The maximum Gasteiger partial charge on any atom is 0.257 e. The maximum atomic E-state index is 14.5. The molecule has 2 fully saturated rings. The molecule has 0 bridgehead atoms. The number of halogens is 1. The van der Waals surface area contributed by atoms with Gasteiger partial charge in [-0.3, -0.25) is 9.48 Å². The molecule has 1 saturated heterocycles. The molecule has 1 amide bonds. The highest BCUT2D eigenvalue weighted by Crippen LogP contribution is 2.37. The molecule has 0 spiro atoms. The van der Waals surface area contributed by atoms with Crippen LogP contribution in [-0.2, 0) is 0 Å². The van der Waals surface area contributed by atoms with E-state index in [1.54, 1.807) is 23.7 Å². The molecular formula is C23H24FN7O. The van der Waals surface area contributed by atoms with Gasteiger partial charge < -0.3 is 19.9 Å². The highest BCUT2D eigenvalue weighted by atomic mass is 19.1. The number of pyridine rings is 1. The first-order chi connectivity index (χ1) is 15.6. The molecule has 2 aliphatic rings. The van der Waals surface area contributed by atoms with Gasteiger partial charge in [0.25, 0.3) is 5.91 Å². The van der Waals surface area contributed by atoms with Crippen LogP contribution < -0.4 is 15.5 Å². The molecule has 32 heavy (non-hydrogen) atoms. The van der Waals surface area contributed by atoms with Gasteiger partial charge in [0.1, 0.15) is 5.52 Å². The molecule has 1 aliphatic carbocycles. The fourth-order valence-electron chi connectivity index (χ4n) is 4.45. The molecule has 1 aromatic carbocycles. The predicted molar refractivity (Wildman–Crippen MR) is 121 cm³/mol. The largest absolute Gasteiger partial charge is 0.368 e. The summed E-state index contributed by atoms with van der Waals surface area (Å²) in [5, 5.41) is 12.0. The standard InChI is InChI=1S/C23H24FN7O/c1-14-11-30-12-15(10-19(24)22(30)26-14)27-23(32)17-4-5-20(29-8-6-25-7-9-29)18-13-31(16-2-3-16)28-21(17)18/h4-5,10-13,16,25H,2-3,6-9H2,1H3,(H,27,32). The fraction of sp³-hybridized carbons (Fsp3) is 0.348. The summed E-state index contributed by atoms with van der Waals surface area (Å²) in [4.78, 5) is 19.7. The molecule has 3 aromatic heterocycles. The number of nitrogens with zero attached hydrogens (tertiary/aromatic N) is 5. The van der Waals surface area contributed by atoms with Crippen molar-refractivity contribution in [2.75, 3.05) is 36.4 Å². The molecule has 9 heteroatoms. The Morgan fingerprint density at radius 2 is 2.00 bits per heavy atom. The monoisotopic (exact) mass is 433 g/mol. The van der Waals surface area contributed by atoms with E-state index < -0.39 is 5.82 Å². The number of imidazole rings is 1. The minimum absolute atomic E-state index is 0.242. The number of rotatable bonds is 4. The second-order valence-electron chi connectivity index (χ2n) is 8.62. The van der Waals surface area contributed by atoms with Crippen molar-refractivity contribution in [2.45, 2.75) is 25.8 Å². The molecule has 0 atom stereocenters. The van der Waals surface area contributed by atoms with E-state index in [9.17, 15) is 9.18 Å². The number of carbonyl (C=O) groups excluding carboxylic acids is 1. The Bertz CT molecular complexity index is 1350. The van der Waals surface area contributed by atoms with E-state index >= 15 is 0 Å². The van der Waals surface area contributed by atoms with Crippen LogP contribution in [0.5, 0.6) is 0 Å². The van der Waals surface area contributed by atoms with Crippen molar-refractivity contribution in [3.05, 3.63) is 53.9 Å². The molecule has 6 rings (SSSR count). The van der Waals surface area contributed by atoms with Crippen LogP contribution in [0.3, 0.4) is 0 Å². The van der Waals surface area contributed by atoms with Gasteiger partial charge in [-0.25, -0.2) is 9.37 Å². The lowest BCUT2D eigenvalue weighted by atomic mass is 10.1.